The lowest BCUT2D eigenvalue weighted by Gasteiger charge is -2.33. The second kappa shape index (κ2) is 20.8. The van der Waals surface area contributed by atoms with Crippen LogP contribution >= 0.6 is 11.3 Å². The second-order valence-electron chi connectivity index (χ2n) is 20.0. The molecule has 0 saturated carbocycles. The zero-order valence-corrected chi connectivity index (χ0v) is 44.1. The van der Waals surface area contributed by atoms with Gasteiger partial charge in [-0.05, 0) is 122 Å². The van der Waals surface area contributed by atoms with Crippen molar-refractivity contribution < 1.29 is 0 Å². The molecule has 0 spiro atoms. The average Bonchev–Trinajstić information content (AvgIpc) is 4.11. The van der Waals surface area contributed by atoms with Crippen LogP contribution in [-0.4, -0.2) is 0 Å². The number of hydrogen-bond acceptors (Lipinski definition) is 3. The van der Waals surface area contributed by atoms with E-state index >= 15 is 0 Å². The largest absolute Gasteiger partial charge is 0.309 e. The van der Waals surface area contributed by atoms with Gasteiger partial charge in [-0.15, -0.1) is 11.3 Å². The molecular formula is C76H52N2S. The normalized spacial score (nSPS) is 11.3. The quantitative estimate of drug-likeness (QED) is 0.120. The first kappa shape index (κ1) is 47.4. The van der Waals surface area contributed by atoms with Crippen molar-refractivity contribution in [3.05, 3.63) is 315 Å². The first-order valence-electron chi connectivity index (χ1n) is 27.0. The van der Waals surface area contributed by atoms with E-state index in [1.54, 1.807) is 0 Å². The molecule has 0 bridgehead atoms. The Morgan fingerprint density at radius 3 is 1.15 bits per heavy atom. The summed E-state index contributed by atoms with van der Waals surface area (Å²) >= 11 is 1.87. The lowest BCUT2D eigenvalue weighted by molar-refractivity contribution is 1.27. The third-order valence-electron chi connectivity index (χ3n) is 15.3. The van der Waals surface area contributed by atoms with Crippen molar-refractivity contribution in [3.63, 3.8) is 0 Å². The average molecular weight is 1030 g/mol. The fourth-order valence-electron chi connectivity index (χ4n) is 11.6. The number of nitrogens with zero attached hydrogens (tertiary/aromatic N) is 2. The molecule has 0 saturated heterocycles. The molecule has 0 N–H and O–H groups in total. The molecule has 13 aromatic carbocycles. The maximum atomic E-state index is 2.47. The van der Waals surface area contributed by atoms with Crippen molar-refractivity contribution in [1.29, 1.82) is 0 Å². The fraction of sp³-hybridized carbons (Fsp3) is 0. The standard InChI is InChI=1S/C76H52N2S/c1-4-24-53(25-5-1)62-34-12-13-35-63(62)59-32-22-33-61(50-59)78(71-42-19-15-37-65(71)55-28-8-3-9-29-55)73-44-21-17-39-68(73)67-38-16-20-43-72(67)77(70-41-18-14-36-64(70)54-26-6-2-7-27-54)60-48-46-56(47-49-60)66-40-23-45-74-76(66)69-51-57-30-10-11-31-58(57)52-75(69)79-74/h1-52H. The van der Waals surface area contributed by atoms with Crippen LogP contribution in [0.1, 0.15) is 0 Å². The van der Waals surface area contributed by atoms with Crippen molar-refractivity contribution >= 4 is 76.4 Å². The Morgan fingerprint density at radius 1 is 0.215 bits per heavy atom. The summed E-state index contributed by atoms with van der Waals surface area (Å²) in [4.78, 5) is 4.94. The summed E-state index contributed by atoms with van der Waals surface area (Å²) in [5.41, 5.74) is 20.3. The van der Waals surface area contributed by atoms with Gasteiger partial charge in [0.15, 0.2) is 0 Å². The molecular weight excluding hydrogens is 973 g/mol. The number of para-hydroxylation sites is 4. The number of hydrogen-bond donors (Lipinski definition) is 0. The molecule has 0 aliphatic heterocycles. The minimum absolute atomic E-state index is 1.05. The highest BCUT2D eigenvalue weighted by Gasteiger charge is 2.26. The number of benzene rings is 13. The summed E-state index contributed by atoms with van der Waals surface area (Å²) in [6.07, 6.45) is 0. The Balaban J connectivity index is 0.960. The SMILES string of the molecule is c1ccc(-c2ccccc2-c2cccc(N(c3ccccc3-c3ccccc3)c3ccccc3-c3ccccc3N(c3ccc(-c4cccc5sc6cc7ccccc7cc6c45)cc3)c3ccccc3-c3ccccc3)c2)cc1. The Labute approximate surface area is 465 Å². The first-order valence-corrected chi connectivity index (χ1v) is 27.8. The highest BCUT2D eigenvalue weighted by molar-refractivity contribution is 7.26. The van der Waals surface area contributed by atoms with Crippen LogP contribution in [0, 0.1) is 0 Å². The van der Waals surface area contributed by atoms with E-state index in [-0.39, 0.29) is 0 Å². The molecule has 1 aromatic heterocycles. The number of rotatable bonds is 12. The van der Waals surface area contributed by atoms with Crippen molar-refractivity contribution in [2.24, 2.45) is 0 Å². The van der Waals surface area contributed by atoms with Crippen LogP contribution in [0.25, 0.3) is 97.7 Å². The van der Waals surface area contributed by atoms with E-state index in [2.05, 4.69) is 325 Å². The molecule has 0 aliphatic rings. The van der Waals surface area contributed by atoms with Crippen molar-refractivity contribution in [3.8, 4) is 66.8 Å². The van der Waals surface area contributed by atoms with Crippen molar-refractivity contribution in [1.82, 2.24) is 0 Å². The van der Waals surface area contributed by atoms with E-state index < -0.39 is 0 Å². The predicted octanol–water partition coefficient (Wildman–Crippen LogP) is 22.1. The van der Waals surface area contributed by atoms with Gasteiger partial charge in [-0.2, -0.15) is 0 Å². The lowest BCUT2D eigenvalue weighted by Crippen LogP contribution is -2.15. The van der Waals surface area contributed by atoms with E-state index in [1.165, 1.54) is 58.8 Å². The summed E-state index contributed by atoms with van der Waals surface area (Å²) in [5, 5.41) is 5.13. The van der Waals surface area contributed by atoms with E-state index in [0.717, 1.165) is 73.1 Å². The van der Waals surface area contributed by atoms with E-state index in [0.29, 0.717) is 0 Å². The smallest absolute Gasteiger partial charge is 0.0541 e. The van der Waals surface area contributed by atoms with Crippen LogP contribution in [0.4, 0.5) is 34.1 Å². The van der Waals surface area contributed by atoms with Gasteiger partial charge in [0.25, 0.3) is 0 Å². The maximum Gasteiger partial charge on any atom is 0.0541 e. The summed E-state index contributed by atoms with van der Waals surface area (Å²) in [5.74, 6) is 0. The first-order chi connectivity index (χ1) is 39.2. The van der Waals surface area contributed by atoms with Crippen LogP contribution in [0.3, 0.4) is 0 Å². The van der Waals surface area contributed by atoms with E-state index in [1.807, 2.05) is 11.3 Å². The molecule has 14 aromatic rings. The zero-order chi connectivity index (χ0) is 52.5. The minimum atomic E-state index is 1.05. The predicted molar refractivity (Wildman–Crippen MR) is 339 cm³/mol. The summed E-state index contributed by atoms with van der Waals surface area (Å²) in [6.45, 7) is 0. The molecule has 1 heterocycles. The van der Waals surface area contributed by atoms with Gasteiger partial charge in [0.05, 0.1) is 22.7 Å². The molecule has 0 unspecified atom stereocenters. The summed E-state index contributed by atoms with van der Waals surface area (Å²) < 4.78 is 2.60. The van der Waals surface area contributed by atoms with Crippen molar-refractivity contribution in [2.75, 3.05) is 9.80 Å². The van der Waals surface area contributed by atoms with Gasteiger partial charge in [-0.1, -0.05) is 249 Å². The molecule has 0 amide bonds. The Morgan fingerprint density at radius 2 is 0.595 bits per heavy atom. The van der Waals surface area contributed by atoms with E-state index in [4.69, 9.17) is 0 Å². The van der Waals surface area contributed by atoms with E-state index in [9.17, 15) is 0 Å². The number of fused-ring (bicyclic) bond motifs is 4. The topological polar surface area (TPSA) is 6.48 Å². The van der Waals surface area contributed by atoms with Gasteiger partial charge < -0.3 is 9.80 Å². The monoisotopic (exact) mass is 1020 g/mol. The molecule has 0 aliphatic carbocycles. The van der Waals surface area contributed by atoms with Crippen LogP contribution < -0.4 is 9.80 Å². The highest BCUT2D eigenvalue weighted by Crippen LogP contribution is 2.51. The highest BCUT2D eigenvalue weighted by atomic mass is 32.1. The molecule has 79 heavy (non-hydrogen) atoms. The molecule has 0 radical (unpaired) electrons. The summed E-state index contributed by atoms with van der Waals surface area (Å²) in [6, 6.07) is 115. The van der Waals surface area contributed by atoms with Crippen LogP contribution in [-0.2, 0) is 0 Å². The van der Waals surface area contributed by atoms with Gasteiger partial charge in [0, 0.05) is 53.8 Å². The minimum Gasteiger partial charge on any atom is -0.309 e. The molecule has 14 rings (SSSR count). The molecule has 0 atom stereocenters. The fourth-order valence-corrected chi connectivity index (χ4v) is 12.8. The van der Waals surface area contributed by atoms with Crippen molar-refractivity contribution in [2.45, 2.75) is 0 Å². The molecule has 0 fully saturated rings. The third kappa shape index (κ3) is 8.92. The molecule has 372 valence electrons. The van der Waals surface area contributed by atoms with Crippen LogP contribution in [0.5, 0.6) is 0 Å². The van der Waals surface area contributed by atoms with Crippen LogP contribution in [0.2, 0.25) is 0 Å². The summed E-state index contributed by atoms with van der Waals surface area (Å²) in [7, 11) is 0. The maximum absolute atomic E-state index is 2.47. The number of anilines is 6. The zero-order valence-electron chi connectivity index (χ0n) is 43.3. The lowest BCUT2D eigenvalue weighted by atomic mass is 9.93. The second-order valence-corrected chi connectivity index (χ2v) is 21.0. The van der Waals surface area contributed by atoms with Gasteiger partial charge >= 0.3 is 0 Å². The van der Waals surface area contributed by atoms with Crippen LogP contribution in [0.15, 0.2) is 315 Å². The third-order valence-corrected chi connectivity index (χ3v) is 16.4. The van der Waals surface area contributed by atoms with Gasteiger partial charge in [-0.25, -0.2) is 0 Å². The van der Waals surface area contributed by atoms with Gasteiger partial charge in [0.1, 0.15) is 0 Å². The van der Waals surface area contributed by atoms with Gasteiger partial charge in [-0.3, -0.25) is 0 Å². The Hall–Kier alpha value is -10.1. The Bertz CT molecular complexity index is 4490. The Kier molecular flexibility index (Phi) is 12.5. The number of thiophene rings is 1. The van der Waals surface area contributed by atoms with Gasteiger partial charge in [0.2, 0.25) is 0 Å². The molecule has 3 heteroatoms. The molecule has 2 nitrogen and oxygen atoms in total.